The highest BCUT2D eigenvalue weighted by molar-refractivity contribution is 6.46. The molecule has 142 valence electrons. The molecule has 3 aliphatic rings. The van der Waals surface area contributed by atoms with E-state index in [1.54, 1.807) is 0 Å². The smallest absolute Gasteiger partial charge is 0.294 e. The molecule has 0 spiro atoms. The molecule has 2 N–H and O–H groups in total. The number of carbonyl (C=O) groups excluding carboxylic acids is 1. The lowest BCUT2D eigenvalue weighted by atomic mass is 9.78. The third kappa shape index (κ3) is 2.46. The van der Waals surface area contributed by atoms with Crippen LogP contribution in [0.3, 0.4) is 0 Å². The SMILES string of the molecule is O=C(NNc1ccccc1)C1=N[N+]2(c3ccc(F)cc3F)CC3CCCC1=C32. The quantitative estimate of drug-likeness (QED) is 0.624. The molecule has 2 atom stereocenters. The van der Waals surface area contributed by atoms with Gasteiger partial charge in [0.05, 0.1) is 11.6 Å². The van der Waals surface area contributed by atoms with Crippen LogP contribution in [0.4, 0.5) is 20.2 Å². The minimum Gasteiger partial charge on any atom is -0.298 e. The molecular formula is C21H19F2N4O+. The van der Waals surface area contributed by atoms with Gasteiger partial charge in [0.1, 0.15) is 12.4 Å². The number of rotatable bonds is 4. The fraction of sp³-hybridized carbons (Fsp3) is 0.238. The molecule has 1 fully saturated rings. The summed E-state index contributed by atoms with van der Waals surface area (Å²) < 4.78 is 27.9. The van der Waals surface area contributed by atoms with Crippen LogP contribution in [0.5, 0.6) is 0 Å². The van der Waals surface area contributed by atoms with Gasteiger partial charge in [0.25, 0.3) is 5.91 Å². The largest absolute Gasteiger partial charge is 0.298 e. The van der Waals surface area contributed by atoms with Gasteiger partial charge < -0.3 is 0 Å². The number of hydrogen-bond donors (Lipinski definition) is 2. The van der Waals surface area contributed by atoms with Crippen LogP contribution in [0.25, 0.3) is 0 Å². The third-order valence-corrected chi connectivity index (χ3v) is 5.73. The van der Waals surface area contributed by atoms with Crippen molar-refractivity contribution in [2.75, 3.05) is 12.0 Å². The average Bonchev–Trinajstić information content (AvgIpc) is 2.99. The van der Waals surface area contributed by atoms with E-state index in [0.29, 0.717) is 23.9 Å². The zero-order valence-corrected chi connectivity index (χ0v) is 15.1. The van der Waals surface area contributed by atoms with Crippen LogP contribution in [0.1, 0.15) is 19.3 Å². The molecule has 5 rings (SSSR count). The first-order chi connectivity index (χ1) is 13.6. The van der Waals surface area contributed by atoms with Gasteiger partial charge >= 0.3 is 0 Å². The predicted octanol–water partition coefficient (Wildman–Crippen LogP) is 3.85. The molecule has 5 nitrogen and oxygen atoms in total. The second-order valence-corrected chi connectivity index (χ2v) is 7.39. The van der Waals surface area contributed by atoms with E-state index in [2.05, 4.69) is 16.0 Å². The lowest BCUT2D eigenvalue weighted by Gasteiger charge is -2.45. The highest BCUT2D eigenvalue weighted by Crippen LogP contribution is 2.54. The number of halogens is 2. The fourth-order valence-electron chi connectivity index (χ4n) is 4.57. The van der Waals surface area contributed by atoms with E-state index >= 15 is 0 Å². The predicted molar refractivity (Wildman–Crippen MR) is 103 cm³/mol. The van der Waals surface area contributed by atoms with Crippen molar-refractivity contribution >= 4 is 23.0 Å². The van der Waals surface area contributed by atoms with Crippen LogP contribution in [0.2, 0.25) is 0 Å². The van der Waals surface area contributed by atoms with Gasteiger partial charge in [0, 0.05) is 17.7 Å². The Hall–Kier alpha value is -3.06. The maximum absolute atomic E-state index is 14.6. The minimum absolute atomic E-state index is 0.0415. The number of nitrogens with one attached hydrogen (secondary N) is 2. The van der Waals surface area contributed by atoms with E-state index in [1.807, 2.05) is 30.3 Å². The topological polar surface area (TPSA) is 53.5 Å². The van der Waals surface area contributed by atoms with Crippen molar-refractivity contribution in [2.45, 2.75) is 19.3 Å². The lowest BCUT2D eigenvalue weighted by molar-refractivity contribution is -0.114. The first kappa shape index (κ1) is 17.1. The Bertz CT molecular complexity index is 1030. The van der Waals surface area contributed by atoms with E-state index in [1.165, 1.54) is 12.1 Å². The number of hydrogen-bond acceptors (Lipinski definition) is 3. The van der Waals surface area contributed by atoms with Crippen LogP contribution in [0.15, 0.2) is 64.9 Å². The van der Waals surface area contributed by atoms with Gasteiger partial charge in [-0.15, -0.1) is 4.59 Å². The molecule has 7 heteroatoms. The summed E-state index contributed by atoms with van der Waals surface area (Å²) in [5.74, 6) is -1.31. The molecule has 2 unspecified atom stereocenters. The number of amides is 1. The number of para-hydroxylation sites is 1. The molecule has 2 aromatic rings. The molecule has 0 saturated carbocycles. The van der Waals surface area contributed by atoms with Crippen molar-refractivity contribution in [3.8, 4) is 0 Å². The number of benzene rings is 2. The normalized spacial score (nSPS) is 24.9. The first-order valence-corrected chi connectivity index (χ1v) is 9.38. The second kappa shape index (κ2) is 6.24. The maximum atomic E-state index is 14.6. The number of anilines is 1. The van der Waals surface area contributed by atoms with Gasteiger partial charge in [0.2, 0.25) is 5.69 Å². The Morgan fingerprint density at radius 1 is 1.14 bits per heavy atom. The molecule has 2 heterocycles. The van der Waals surface area contributed by atoms with Crippen molar-refractivity contribution in [1.82, 2.24) is 10.0 Å². The molecule has 2 aliphatic heterocycles. The van der Waals surface area contributed by atoms with E-state index in [-0.39, 0.29) is 10.5 Å². The Balaban J connectivity index is 1.49. The molecule has 0 radical (unpaired) electrons. The average molecular weight is 381 g/mol. The summed E-state index contributed by atoms with van der Waals surface area (Å²) in [4.78, 5) is 12.8. The number of nitrogens with zero attached hydrogens (tertiary/aromatic N) is 2. The summed E-state index contributed by atoms with van der Waals surface area (Å²) in [6.45, 7) is 0.601. The van der Waals surface area contributed by atoms with Gasteiger partial charge in [-0.25, -0.2) is 8.78 Å². The highest BCUT2D eigenvalue weighted by Gasteiger charge is 2.61. The summed E-state index contributed by atoms with van der Waals surface area (Å²) in [6.07, 6.45) is 2.73. The Labute approximate surface area is 160 Å². The Morgan fingerprint density at radius 3 is 2.75 bits per heavy atom. The second-order valence-electron chi connectivity index (χ2n) is 7.39. The molecule has 0 bridgehead atoms. The monoisotopic (exact) mass is 381 g/mol. The molecule has 1 amide bonds. The van der Waals surface area contributed by atoms with Gasteiger partial charge in [-0.3, -0.25) is 15.6 Å². The maximum Gasteiger partial charge on any atom is 0.294 e. The molecule has 28 heavy (non-hydrogen) atoms. The summed E-state index contributed by atoms with van der Waals surface area (Å²) in [5, 5.41) is 4.67. The van der Waals surface area contributed by atoms with Crippen LogP contribution in [-0.2, 0) is 4.79 Å². The van der Waals surface area contributed by atoms with Crippen molar-refractivity contribution in [2.24, 2.45) is 11.0 Å². The van der Waals surface area contributed by atoms with Crippen LogP contribution in [-0.4, -0.2) is 18.2 Å². The molecular weight excluding hydrogens is 362 g/mol. The van der Waals surface area contributed by atoms with E-state index in [4.69, 9.17) is 0 Å². The van der Waals surface area contributed by atoms with Crippen LogP contribution in [0, 0.1) is 17.6 Å². The van der Waals surface area contributed by atoms with Crippen molar-refractivity contribution in [3.05, 3.63) is 71.4 Å². The summed E-state index contributed by atoms with van der Waals surface area (Å²) in [5.41, 5.74) is 8.85. The fourth-order valence-corrected chi connectivity index (χ4v) is 4.57. The van der Waals surface area contributed by atoms with E-state index in [0.717, 1.165) is 42.3 Å². The number of carbonyl (C=O) groups is 1. The molecule has 1 aliphatic carbocycles. The number of quaternary nitrogens is 1. The van der Waals surface area contributed by atoms with E-state index < -0.39 is 11.6 Å². The van der Waals surface area contributed by atoms with Crippen molar-refractivity contribution < 1.29 is 13.6 Å². The summed E-state index contributed by atoms with van der Waals surface area (Å²) in [6, 6.07) is 12.8. The van der Waals surface area contributed by atoms with Crippen molar-refractivity contribution in [3.63, 3.8) is 0 Å². The van der Waals surface area contributed by atoms with Gasteiger partial charge in [-0.1, -0.05) is 23.3 Å². The standard InChI is InChI=1S/C21H18F2N4O/c22-14-9-10-18(17(23)11-14)27-12-13-5-4-8-16(20(13)27)19(26-27)21(28)25-24-15-6-2-1-3-7-15/h1-3,6-7,9-11,13H,4-5,8,12H2,(H-,24,25,26,28)/p+1. The zero-order valence-electron chi connectivity index (χ0n) is 15.1. The Morgan fingerprint density at radius 2 is 1.96 bits per heavy atom. The van der Waals surface area contributed by atoms with Crippen molar-refractivity contribution in [1.29, 1.82) is 0 Å². The minimum atomic E-state index is -0.635. The van der Waals surface area contributed by atoms with Gasteiger partial charge in [-0.2, -0.15) is 0 Å². The van der Waals surface area contributed by atoms with Crippen LogP contribution >= 0.6 is 0 Å². The lowest BCUT2D eigenvalue weighted by Crippen LogP contribution is -2.58. The highest BCUT2D eigenvalue weighted by atomic mass is 19.1. The zero-order chi connectivity index (χ0) is 19.3. The summed E-state index contributed by atoms with van der Waals surface area (Å²) in [7, 11) is 0. The summed E-state index contributed by atoms with van der Waals surface area (Å²) >= 11 is 0. The Kier molecular flexibility index (Phi) is 3.80. The molecule has 2 aromatic carbocycles. The molecule has 1 saturated heterocycles. The third-order valence-electron chi connectivity index (χ3n) is 5.73. The van der Waals surface area contributed by atoms with E-state index in [9.17, 15) is 13.6 Å². The first-order valence-electron chi connectivity index (χ1n) is 9.38. The van der Waals surface area contributed by atoms with Gasteiger partial charge in [-0.05, 0) is 37.5 Å². The number of hydrazine groups is 1. The molecule has 0 aromatic heterocycles. The van der Waals surface area contributed by atoms with Crippen LogP contribution < -0.4 is 15.4 Å². The van der Waals surface area contributed by atoms with Gasteiger partial charge in [0.15, 0.2) is 17.2 Å².